The number of aryl methyl sites for hydroxylation is 2. The highest BCUT2D eigenvalue weighted by atomic mass is 16.2. The number of nitrogens with zero attached hydrogens (tertiary/aromatic N) is 2. The maximum atomic E-state index is 11.9. The second kappa shape index (κ2) is 9.76. The quantitative estimate of drug-likeness (QED) is 0.610. The molecule has 0 heterocycles. The van der Waals surface area contributed by atoms with Crippen LogP contribution in [0.1, 0.15) is 32.6 Å². The Morgan fingerprint density at radius 3 is 2.15 bits per heavy atom. The van der Waals surface area contributed by atoms with E-state index in [2.05, 4.69) is 47.7 Å². The Morgan fingerprint density at radius 1 is 0.963 bits per heavy atom. The van der Waals surface area contributed by atoms with Crippen molar-refractivity contribution in [2.24, 2.45) is 4.99 Å². The van der Waals surface area contributed by atoms with Crippen LogP contribution in [0.25, 0.3) is 0 Å². The average molecular weight is 367 g/mol. The number of amides is 1. The maximum Gasteiger partial charge on any atom is 0.253 e. The summed E-state index contributed by atoms with van der Waals surface area (Å²) in [4.78, 5) is 17.8. The van der Waals surface area contributed by atoms with Gasteiger partial charge >= 0.3 is 0 Å². The lowest BCUT2D eigenvalue weighted by molar-refractivity contribution is 0.0827. The molecule has 0 unspecified atom stereocenters. The standard InChI is InChI=1S/C22H30N4O/c1-16-12-17(2)14-19(13-16)10-11-24-22(23-3)25-15-18-6-8-20(9-7-18)21(27)26(4)5/h6-9,12-14H,10-11,15H2,1-5H3,(H2,23,24,25). The lowest BCUT2D eigenvalue weighted by Gasteiger charge is -2.13. The SMILES string of the molecule is CN=C(NCCc1cc(C)cc(C)c1)NCc1ccc(C(=O)N(C)C)cc1. The molecule has 2 N–H and O–H groups in total. The normalized spacial score (nSPS) is 11.2. The number of benzene rings is 2. The van der Waals surface area contributed by atoms with E-state index in [-0.39, 0.29) is 5.91 Å². The second-order valence-electron chi connectivity index (χ2n) is 7.00. The van der Waals surface area contributed by atoms with Gasteiger partial charge in [0.1, 0.15) is 0 Å². The Kier molecular flexibility index (Phi) is 7.41. The Morgan fingerprint density at radius 2 is 1.59 bits per heavy atom. The summed E-state index contributed by atoms with van der Waals surface area (Å²) in [7, 11) is 5.28. The number of nitrogens with one attached hydrogen (secondary N) is 2. The molecule has 27 heavy (non-hydrogen) atoms. The number of hydrogen-bond acceptors (Lipinski definition) is 2. The molecule has 0 aliphatic carbocycles. The van der Waals surface area contributed by atoms with Crippen molar-refractivity contribution in [3.8, 4) is 0 Å². The zero-order valence-electron chi connectivity index (χ0n) is 17.0. The van der Waals surface area contributed by atoms with Crippen molar-refractivity contribution >= 4 is 11.9 Å². The van der Waals surface area contributed by atoms with E-state index in [1.165, 1.54) is 16.7 Å². The predicted molar refractivity (Wildman–Crippen MR) is 112 cm³/mol. The molecule has 0 fully saturated rings. The summed E-state index contributed by atoms with van der Waals surface area (Å²) in [6.07, 6.45) is 0.949. The molecule has 2 aromatic carbocycles. The summed E-state index contributed by atoms with van der Waals surface area (Å²) < 4.78 is 0. The van der Waals surface area contributed by atoms with Crippen molar-refractivity contribution < 1.29 is 4.79 Å². The molecule has 0 atom stereocenters. The molecule has 5 heteroatoms. The summed E-state index contributed by atoms with van der Waals surface area (Å²) >= 11 is 0. The third kappa shape index (κ3) is 6.44. The van der Waals surface area contributed by atoms with Crippen LogP contribution in [0.5, 0.6) is 0 Å². The van der Waals surface area contributed by atoms with Crippen LogP contribution in [0.4, 0.5) is 0 Å². The van der Waals surface area contributed by atoms with Crippen molar-refractivity contribution in [3.63, 3.8) is 0 Å². The monoisotopic (exact) mass is 366 g/mol. The molecule has 5 nitrogen and oxygen atoms in total. The number of aliphatic imine (C=N–C) groups is 1. The van der Waals surface area contributed by atoms with Gasteiger partial charge in [0.2, 0.25) is 0 Å². The highest BCUT2D eigenvalue weighted by molar-refractivity contribution is 5.93. The van der Waals surface area contributed by atoms with E-state index in [0.717, 1.165) is 24.5 Å². The van der Waals surface area contributed by atoms with E-state index in [1.54, 1.807) is 26.0 Å². The number of rotatable bonds is 6. The van der Waals surface area contributed by atoms with Crippen LogP contribution in [0, 0.1) is 13.8 Å². The summed E-state index contributed by atoms with van der Waals surface area (Å²) in [6.45, 7) is 5.72. The minimum Gasteiger partial charge on any atom is -0.356 e. The van der Waals surface area contributed by atoms with Crippen molar-refractivity contribution in [1.29, 1.82) is 0 Å². The van der Waals surface area contributed by atoms with E-state index in [0.29, 0.717) is 12.1 Å². The van der Waals surface area contributed by atoms with Gasteiger partial charge in [0.05, 0.1) is 0 Å². The Balaban J connectivity index is 1.82. The third-order valence-electron chi connectivity index (χ3n) is 4.28. The van der Waals surface area contributed by atoms with Gasteiger partial charge in [-0.3, -0.25) is 9.79 Å². The lowest BCUT2D eigenvalue weighted by atomic mass is 10.1. The maximum absolute atomic E-state index is 11.9. The number of carbonyl (C=O) groups excluding carboxylic acids is 1. The summed E-state index contributed by atoms with van der Waals surface area (Å²) in [5.41, 5.74) is 5.71. The zero-order valence-corrected chi connectivity index (χ0v) is 17.0. The van der Waals surface area contributed by atoms with Gasteiger partial charge in [0.15, 0.2) is 5.96 Å². The Hall–Kier alpha value is -2.82. The Bertz CT molecular complexity index is 774. The minimum atomic E-state index is 0.0124. The van der Waals surface area contributed by atoms with Gasteiger partial charge in [-0.15, -0.1) is 0 Å². The fourth-order valence-corrected chi connectivity index (χ4v) is 2.97. The van der Waals surface area contributed by atoms with Gasteiger partial charge in [0.25, 0.3) is 5.91 Å². The van der Waals surface area contributed by atoms with Crippen molar-refractivity contribution in [2.75, 3.05) is 27.7 Å². The largest absolute Gasteiger partial charge is 0.356 e. The highest BCUT2D eigenvalue weighted by Crippen LogP contribution is 2.09. The van der Waals surface area contributed by atoms with Gasteiger partial charge in [-0.1, -0.05) is 41.5 Å². The zero-order chi connectivity index (χ0) is 19.8. The summed E-state index contributed by atoms with van der Waals surface area (Å²) in [6, 6.07) is 14.3. The van der Waals surface area contributed by atoms with E-state index in [4.69, 9.17) is 0 Å². The molecule has 0 aromatic heterocycles. The first-order chi connectivity index (χ1) is 12.9. The third-order valence-corrected chi connectivity index (χ3v) is 4.28. The minimum absolute atomic E-state index is 0.0124. The van der Waals surface area contributed by atoms with Crippen LogP contribution in [0.15, 0.2) is 47.5 Å². The average Bonchev–Trinajstić information content (AvgIpc) is 2.63. The molecule has 0 saturated carbocycles. The van der Waals surface area contributed by atoms with Crippen LogP contribution in [0.3, 0.4) is 0 Å². The Labute approximate surface area is 162 Å². The molecule has 2 rings (SSSR count). The molecule has 0 saturated heterocycles. The summed E-state index contributed by atoms with van der Waals surface area (Å²) in [5.74, 6) is 0.784. The fraction of sp³-hybridized carbons (Fsp3) is 0.364. The van der Waals surface area contributed by atoms with E-state index < -0.39 is 0 Å². The molecule has 0 radical (unpaired) electrons. The molecule has 0 bridgehead atoms. The smallest absolute Gasteiger partial charge is 0.253 e. The predicted octanol–water partition coefficient (Wildman–Crippen LogP) is 2.91. The molecule has 0 aliphatic rings. The topological polar surface area (TPSA) is 56.7 Å². The second-order valence-corrected chi connectivity index (χ2v) is 7.00. The van der Waals surface area contributed by atoms with Gasteiger partial charge < -0.3 is 15.5 Å². The van der Waals surface area contributed by atoms with Crippen LogP contribution >= 0.6 is 0 Å². The molecular weight excluding hydrogens is 336 g/mol. The number of guanidine groups is 1. The first-order valence-electron chi connectivity index (χ1n) is 9.21. The fourth-order valence-electron chi connectivity index (χ4n) is 2.97. The first-order valence-corrected chi connectivity index (χ1v) is 9.21. The van der Waals surface area contributed by atoms with Crippen LogP contribution in [0.2, 0.25) is 0 Å². The highest BCUT2D eigenvalue weighted by Gasteiger charge is 2.07. The molecular formula is C22H30N4O. The van der Waals surface area contributed by atoms with Crippen LogP contribution in [-0.2, 0) is 13.0 Å². The van der Waals surface area contributed by atoms with Gasteiger partial charge in [-0.2, -0.15) is 0 Å². The van der Waals surface area contributed by atoms with Gasteiger partial charge in [-0.25, -0.2) is 0 Å². The first kappa shape index (κ1) is 20.5. The lowest BCUT2D eigenvalue weighted by Crippen LogP contribution is -2.37. The summed E-state index contributed by atoms with van der Waals surface area (Å²) in [5, 5.41) is 6.66. The van der Waals surface area contributed by atoms with Crippen molar-refractivity contribution in [2.45, 2.75) is 26.8 Å². The molecule has 1 amide bonds. The number of hydrogen-bond donors (Lipinski definition) is 2. The van der Waals surface area contributed by atoms with Crippen molar-refractivity contribution in [1.82, 2.24) is 15.5 Å². The van der Waals surface area contributed by atoms with Crippen LogP contribution < -0.4 is 10.6 Å². The van der Waals surface area contributed by atoms with E-state index in [9.17, 15) is 4.79 Å². The van der Waals surface area contributed by atoms with Crippen molar-refractivity contribution in [3.05, 3.63) is 70.3 Å². The molecule has 0 aliphatic heterocycles. The van der Waals surface area contributed by atoms with Gasteiger partial charge in [-0.05, 0) is 43.5 Å². The van der Waals surface area contributed by atoms with E-state index >= 15 is 0 Å². The molecule has 0 spiro atoms. The van der Waals surface area contributed by atoms with E-state index in [1.807, 2.05) is 24.3 Å². The number of carbonyl (C=O) groups is 1. The van der Waals surface area contributed by atoms with Gasteiger partial charge in [0, 0.05) is 39.8 Å². The molecule has 2 aromatic rings. The molecule has 144 valence electrons. The van der Waals surface area contributed by atoms with Crippen LogP contribution in [-0.4, -0.2) is 44.5 Å².